The molecule has 0 radical (unpaired) electrons. The van der Waals surface area contributed by atoms with Gasteiger partial charge < -0.3 is 4.74 Å². The van der Waals surface area contributed by atoms with Crippen LogP contribution < -0.4 is 0 Å². The van der Waals surface area contributed by atoms with Gasteiger partial charge in [-0.2, -0.15) is 0 Å². The van der Waals surface area contributed by atoms with Gasteiger partial charge in [0, 0.05) is 12.6 Å². The molecule has 1 saturated heterocycles. The minimum Gasteiger partial charge on any atom is -0.351 e. The Kier molecular flexibility index (Phi) is 4.82. The number of nitrogens with zero attached hydrogens (tertiary/aromatic N) is 2. The first-order chi connectivity index (χ1) is 7.86. The minimum absolute atomic E-state index is 0.146. The molecule has 1 atom stereocenters. The van der Waals surface area contributed by atoms with Crippen molar-refractivity contribution >= 4 is 9.84 Å². The van der Waals surface area contributed by atoms with Gasteiger partial charge in [-0.25, -0.2) is 0 Å². The van der Waals surface area contributed by atoms with Crippen molar-refractivity contribution in [3.63, 3.8) is 0 Å². The molecule has 4 heteroatoms. The van der Waals surface area contributed by atoms with E-state index in [0.717, 1.165) is 19.1 Å². The Hall–Kier alpha value is 0.0969. The molecule has 16 heavy (non-hydrogen) atoms. The van der Waals surface area contributed by atoms with Gasteiger partial charge in [-0.15, -0.1) is 0 Å². The molecule has 1 heterocycles. The summed E-state index contributed by atoms with van der Waals surface area (Å²) in [5, 5.41) is 0. The second-order valence-corrected chi connectivity index (χ2v) is 6.88. The zero-order valence-electron chi connectivity index (χ0n) is 10.8. The highest BCUT2D eigenvalue weighted by molar-refractivity contribution is 6.32. The largest absolute Gasteiger partial charge is 0.351 e. The molecule has 0 aromatic carbocycles. The summed E-state index contributed by atoms with van der Waals surface area (Å²) < 4.78 is 11.2. The lowest BCUT2D eigenvalue weighted by Crippen LogP contribution is -2.70. The second-order valence-electron chi connectivity index (χ2n) is 5.05. The molecular weight excluding hydrogens is 216 g/mol. The highest BCUT2D eigenvalue weighted by Crippen LogP contribution is 2.29. The standard InChI is InChI=1S/C12H26N2OSi/c1-3-10-15-12-13(4-2)16-14(12)11-8-6-5-7-9-11/h11-12H,3-10,16H2,1-2H3. The first-order valence-corrected chi connectivity index (χ1v) is 8.24. The van der Waals surface area contributed by atoms with Crippen molar-refractivity contribution in [2.24, 2.45) is 0 Å². The highest BCUT2D eigenvalue weighted by atomic mass is 28.2. The maximum Gasteiger partial charge on any atom is 0.179 e. The van der Waals surface area contributed by atoms with Crippen LogP contribution in [0.1, 0.15) is 52.4 Å². The summed E-state index contributed by atoms with van der Waals surface area (Å²) in [7, 11) is -0.146. The fourth-order valence-corrected chi connectivity index (χ4v) is 4.69. The summed E-state index contributed by atoms with van der Waals surface area (Å²) in [5.74, 6) is 0. The fourth-order valence-electron chi connectivity index (χ4n) is 2.85. The Balaban J connectivity index is 1.83. The number of rotatable bonds is 5. The SMILES string of the molecule is CCCOC1N(CC)[SiH2]N1C1CCCCC1. The predicted molar refractivity (Wildman–Crippen MR) is 69.7 cm³/mol. The van der Waals surface area contributed by atoms with Crippen molar-refractivity contribution in [2.75, 3.05) is 13.2 Å². The lowest BCUT2D eigenvalue weighted by atomic mass is 9.95. The summed E-state index contributed by atoms with van der Waals surface area (Å²) in [5.41, 5.74) is 0. The maximum absolute atomic E-state index is 5.98. The molecule has 2 rings (SSSR count). The van der Waals surface area contributed by atoms with Crippen molar-refractivity contribution < 1.29 is 4.74 Å². The molecule has 0 spiro atoms. The van der Waals surface area contributed by atoms with Gasteiger partial charge in [0.15, 0.2) is 16.2 Å². The van der Waals surface area contributed by atoms with Crippen LogP contribution in [0.4, 0.5) is 0 Å². The van der Waals surface area contributed by atoms with Crippen molar-refractivity contribution in [1.29, 1.82) is 0 Å². The van der Waals surface area contributed by atoms with Crippen LogP contribution in [0.15, 0.2) is 0 Å². The molecule has 0 bridgehead atoms. The quantitative estimate of drug-likeness (QED) is 0.682. The van der Waals surface area contributed by atoms with Gasteiger partial charge in [0.25, 0.3) is 0 Å². The first kappa shape index (κ1) is 12.6. The van der Waals surface area contributed by atoms with Crippen LogP contribution >= 0.6 is 0 Å². The van der Waals surface area contributed by atoms with Crippen LogP contribution in [0.5, 0.6) is 0 Å². The number of ether oxygens (including phenoxy) is 1. The van der Waals surface area contributed by atoms with Crippen molar-refractivity contribution in [3.8, 4) is 0 Å². The van der Waals surface area contributed by atoms with E-state index in [9.17, 15) is 0 Å². The van der Waals surface area contributed by atoms with E-state index < -0.39 is 0 Å². The molecule has 94 valence electrons. The third-order valence-corrected chi connectivity index (χ3v) is 6.14. The van der Waals surface area contributed by atoms with Crippen LogP contribution in [-0.4, -0.2) is 44.5 Å². The zero-order chi connectivity index (χ0) is 11.4. The Bertz CT molecular complexity index is 207. The zero-order valence-corrected chi connectivity index (χ0v) is 12.2. The van der Waals surface area contributed by atoms with E-state index in [2.05, 4.69) is 23.0 Å². The van der Waals surface area contributed by atoms with E-state index in [1.165, 1.54) is 38.6 Å². The second kappa shape index (κ2) is 6.14. The topological polar surface area (TPSA) is 15.7 Å². The number of hydrogen-bond donors (Lipinski definition) is 0. The van der Waals surface area contributed by atoms with Crippen molar-refractivity contribution in [3.05, 3.63) is 0 Å². The van der Waals surface area contributed by atoms with Crippen LogP contribution in [-0.2, 0) is 4.74 Å². The van der Waals surface area contributed by atoms with Crippen LogP contribution in [0.2, 0.25) is 0 Å². The van der Waals surface area contributed by atoms with Gasteiger partial charge in [-0.1, -0.05) is 33.1 Å². The normalized spacial score (nSPS) is 30.8. The summed E-state index contributed by atoms with van der Waals surface area (Å²) in [4.78, 5) is 0. The van der Waals surface area contributed by atoms with Crippen LogP contribution in [0.3, 0.4) is 0 Å². The average Bonchev–Trinajstić information content (AvgIpc) is 2.30. The van der Waals surface area contributed by atoms with E-state index >= 15 is 0 Å². The Morgan fingerprint density at radius 1 is 1.19 bits per heavy atom. The molecular formula is C12H26N2OSi. The monoisotopic (exact) mass is 242 g/mol. The molecule has 0 aromatic rings. The summed E-state index contributed by atoms with van der Waals surface area (Å²) in [6.07, 6.45) is 8.62. The van der Waals surface area contributed by atoms with Gasteiger partial charge in [0.1, 0.15) is 0 Å². The van der Waals surface area contributed by atoms with Gasteiger partial charge in [0.05, 0.1) is 0 Å². The number of hydrogen-bond acceptors (Lipinski definition) is 3. The molecule has 0 amide bonds. The third kappa shape index (κ3) is 2.67. The van der Waals surface area contributed by atoms with Crippen LogP contribution in [0.25, 0.3) is 0 Å². The van der Waals surface area contributed by atoms with Gasteiger partial charge in [0.2, 0.25) is 0 Å². The van der Waals surface area contributed by atoms with Gasteiger partial charge in [-0.3, -0.25) is 9.13 Å². The van der Waals surface area contributed by atoms with E-state index in [1.54, 1.807) is 0 Å². The smallest absolute Gasteiger partial charge is 0.179 e. The van der Waals surface area contributed by atoms with Crippen LogP contribution in [0, 0.1) is 0 Å². The van der Waals surface area contributed by atoms with Gasteiger partial charge >= 0.3 is 0 Å². The predicted octanol–water partition coefficient (Wildman–Crippen LogP) is 1.67. The van der Waals surface area contributed by atoms with E-state index in [-0.39, 0.29) is 9.84 Å². The third-order valence-electron chi connectivity index (χ3n) is 3.86. The molecule has 0 aromatic heterocycles. The lowest BCUT2D eigenvalue weighted by molar-refractivity contribution is -0.149. The van der Waals surface area contributed by atoms with Gasteiger partial charge in [-0.05, 0) is 25.8 Å². The molecule has 1 unspecified atom stereocenters. The first-order valence-electron chi connectivity index (χ1n) is 6.98. The molecule has 2 aliphatic rings. The molecule has 2 fully saturated rings. The molecule has 0 N–H and O–H groups in total. The molecule has 3 nitrogen and oxygen atoms in total. The van der Waals surface area contributed by atoms with E-state index in [1.807, 2.05) is 0 Å². The van der Waals surface area contributed by atoms with Crippen molar-refractivity contribution in [2.45, 2.75) is 64.8 Å². The average molecular weight is 242 g/mol. The minimum atomic E-state index is -0.146. The van der Waals surface area contributed by atoms with E-state index in [0.29, 0.717) is 6.35 Å². The molecule has 1 aliphatic heterocycles. The maximum atomic E-state index is 5.98. The summed E-state index contributed by atoms with van der Waals surface area (Å²) in [6, 6.07) is 0.852. The Labute approximate surface area is 102 Å². The highest BCUT2D eigenvalue weighted by Gasteiger charge is 2.40. The fraction of sp³-hybridized carbons (Fsp3) is 1.00. The molecule has 1 saturated carbocycles. The summed E-state index contributed by atoms with van der Waals surface area (Å²) in [6.45, 7) is 6.54. The lowest BCUT2D eigenvalue weighted by Gasteiger charge is -2.54. The van der Waals surface area contributed by atoms with Crippen molar-refractivity contribution in [1.82, 2.24) is 9.13 Å². The molecule has 1 aliphatic carbocycles. The summed E-state index contributed by atoms with van der Waals surface area (Å²) >= 11 is 0. The Morgan fingerprint density at radius 3 is 2.56 bits per heavy atom. The Morgan fingerprint density at radius 2 is 1.94 bits per heavy atom. The van der Waals surface area contributed by atoms with E-state index in [4.69, 9.17) is 4.74 Å².